The zero-order chi connectivity index (χ0) is 14.9. The van der Waals surface area contributed by atoms with Crippen LogP contribution >= 0.6 is 0 Å². The Bertz CT molecular complexity index is 648. The number of hydrogen-bond donors (Lipinski definition) is 2. The Hall–Kier alpha value is -2.15. The second-order valence-electron chi connectivity index (χ2n) is 6.01. The van der Waals surface area contributed by atoms with Crippen molar-refractivity contribution in [3.8, 4) is 0 Å². The van der Waals surface area contributed by atoms with Crippen LogP contribution in [0.4, 0.5) is 10.7 Å². The van der Waals surface area contributed by atoms with Gasteiger partial charge in [0.05, 0.1) is 6.10 Å². The molecule has 0 radical (unpaired) electrons. The third kappa shape index (κ3) is 2.89. The highest BCUT2D eigenvalue weighted by molar-refractivity contribution is 5.87. The molecule has 7 heteroatoms. The summed E-state index contributed by atoms with van der Waals surface area (Å²) < 4.78 is 7.40. The molecular formula is C15H19N5O2. The van der Waals surface area contributed by atoms with E-state index in [0.29, 0.717) is 23.6 Å². The van der Waals surface area contributed by atoms with Crippen molar-refractivity contribution in [1.29, 1.82) is 0 Å². The molecule has 0 bridgehead atoms. The van der Waals surface area contributed by atoms with E-state index in [-0.39, 0.29) is 12.1 Å². The number of rotatable bonds is 3. The van der Waals surface area contributed by atoms with Gasteiger partial charge in [0.2, 0.25) is 0 Å². The molecule has 116 valence electrons. The predicted octanol–water partition coefficient (Wildman–Crippen LogP) is 1.81. The van der Waals surface area contributed by atoms with E-state index in [4.69, 9.17) is 4.74 Å². The van der Waals surface area contributed by atoms with Gasteiger partial charge in [0.25, 0.3) is 5.95 Å². The maximum atomic E-state index is 12.1. The van der Waals surface area contributed by atoms with Gasteiger partial charge < -0.3 is 10.1 Å². The standard InChI is InChI=1S/C15H19N5O2/c21-15(16-11-6-8-22-12(9-11)10-4-5-10)18-14-17-13-3-1-2-7-20(13)19-14/h1-3,7,10-12H,4-6,8-9H2,(H2,16,18,19,21)/t11-,12-/m1/s1. The van der Waals surface area contributed by atoms with Gasteiger partial charge in [-0.25, -0.2) is 9.31 Å². The number of urea groups is 1. The number of fused-ring (bicyclic) bond motifs is 1. The summed E-state index contributed by atoms with van der Waals surface area (Å²) in [6, 6.07) is 5.50. The summed E-state index contributed by atoms with van der Waals surface area (Å²) in [5, 5.41) is 9.92. The van der Waals surface area contributed by atoms with Crippen LogP contribution in [0, 0.1) is 5.92 Å². The van der Waals surface area contributed by atoms with Crippen LogP contribution in [0.25, 0.3) is 5.65 Å². The van der Waals surface area contributed by atoms with Gasteiger partial charge in [-0.2, -0.15) is 4.98 Å². The van der Waals surface area contributed by atoms with Gasteiger partial charge in [-0.15, -0.1) is 5.10 Å². The quantitative estimate of drug-likeness (QED) is 0.906. The number of nitrogens with one attached hydrogen (secondary N) is 2. The van der Waals surface area contributed by atoms with E-state index in [1.54, 1.807) is 10.7 Å². The third-order valence-corrected chi connectivity index (χ3v) is 4.26. The van der Waals surface area contributed by atoms with Crippen LogP contribution in [0.1, 0.15) is 25.7 Å². The number of pyridine rings is 1. The zero-order valence-electron chi connectivity index (χ0n) is 12.2. The van der Waals surface area contributed by atoms with Crippen molar-refractivity contribution in [3.05, 3.63) is 24.4 Å². The summed E-state index contributed by atoms with van der Waals surface area (Å²) in [7, 11) is 0. The molecule has 22 heavy (non-hydrogen) atoms. The molecule has 2 aromatic heterocycles. The van der Waals surface area contributed by atoms with Crippen LogP contribution in [0.15, 0.2) is 24.4 Å². The van der Waals surface area contributed by atoms with E-state index in [0.717, 1.165) is 19.4 Å². The molecule has 0 aromatic carbocycles. The first-order valence-corrected chi connectivity index (χ1v) is 7.78. The summed E-state index contributed by atoms with van der Waals surface area (Å²) in [5.74, 6) is 1.02. The van der Waals surface area contributed by atoms with Gasteiger partial charge in [0, 0.05) is 18.8 Å². The average Bonchev–Trinajstić information content (AvgIpc) is 3.28. The second kappa shape index (κ2) is 5.57. The molecule has 1 saturated carbocycles. The van der Waals surface area contributed by atoms with Crippen molar-refractivity contribution in [2.45, 2.75) is 37.8 Å². The number of aromatic nitrogens is 3. The molecule has 2 atom stereocenters. The molecule has 1 saturated heterocycles. The van der Waals surface area contributed by atoms with Crippen molar-refractivity contribution in [3.63, 3.8) is 0 Å². The Kier molecular flexibility index (Phi) is 3.42. The van der Waals surface area contributed by atoms with E-state index in [2.05, 4.69) is 20.7 Å². The molecule has 2 amide bonds. The molecule has 2 fully saturated rings. The van der Waals surface area contributed by atoms with Crippen molar-refractivity contribution in [2.75, 3.05) is 11.9 Å². The average molecular weight is 301 g/mol. The molecule has 0 unspecified atom stereocenters. The fraction of sp³-hybridized carbons (Fsp3) is 0.533. The SMILES string of the molecule is O=C(Nc1nc2ccccn2n1)N[C@@H]1CCO[C@@H](C2CC2)C1. The molecule has 7 nitrogen and oxygen atoms in total. The van der Waals surface area contributed by atoms with Crippen molar-refractivity contribution < 1.29 is 9.53 Å². The van der Waals surface area contributed by atoms with Crippen LogP contribution in [0.3, 0.4) is 0 Å². The van der Waals surface area contributed by atoms with E-state index in [1.165, 1.54) is 12.8 Å². The smallest absolute Gasteiger partial charge is 0.321 e. The molecule has 3 heterocycles. The highest BCUT2D eigenvalue weighted by Crippen LogP contribution is 2.38. The van der Waals surface area contributed by atoms with E-state index < -0.39 is 0 Å². The minimum Gasteiger partial charge on any atom is -0.378 e. The highest BCUT2D eigenvalue weighted by Gasteiger charge is 2.36. The minimum absolute atomic E-state index is 0.163. The van der Waals surface area contributed by atoms with E-state index in [9.17, 15) is 4.79 Å². The first-order valence-electron chi connectivity index (χ1n) is 7.78. The lowest BCUT2D eigenvalue weighted by atomic mass is 10.0. The third-order valence-electron chi connectivity index (χ3n) is 4.26. The summed E-state index contributed by atoms with van der Waals surface area (Å²) in [6.45, 7) is 0.721. The second-order valence-corrected chi connectivity index (χ2v) is 6.01. The number of carbonyl (C=O) groups excluding carboxylic acids is 1. The Morgan fingerprint density at radius 1 is 1.32 bits per heavy atom. The van der Waals surface area contributed by atoms with Gasteiger partial charge in [-0.3, -0.25) is 5.32 Å². The summed E-state index contributed by atoms with van der Waals surface area (Å²) >= 11 is 0. The number of hydrogen-bond acceptors (Lipinski definition) is 4. The maximum Gasteiger partial charge on any atom is 0.321 e. The molecule has 2 aromatic rings. The minimum atomic E-state index is -0.252. The van der Waals surface area contributed by atoms with Gasteiger partial charge in [0.1, 0.15) is 0 Å². The van der Waals surface area contributed by atoms with Crippen molar-refractivity contribution in [2.24, 2.45) is 5.92 Å². The fourth-order valence-electron chi connectivity index (χ4n) is 2.96. The molecule has 1 aliphatic carbocycles. The van der Waals surface area contributed by atoms with Gasteiger partial charge in [0.15, 0.2) is 5.65 Å². The summed E-state index contributed by atoms with van der Waals surface area (Å²) in [6.07, 6.45) is 6.38. The first kappa shape index (κ1) is 13.5. The maximum absolute atomic E-state index is 12.1. The molecular weight excluding hydrogens is 282 g/mol. The lowest BCUT2D eigenvalue weighted by Crippen LogP contribution is -2.44. The number of nitrogens with zero attached hydrogens (tertiary/aromatic N) is 3. The Morgan fingerprint density at radius 2 is 2.23 bits per heavy atom. The number of anilines is 1. The molecule has 1 aliphatic heterocycles. The van der Waals surface area contributed by atoms with Crippen molar-refractivity contribution in [1.82, 2.24) is 19.9 Å². The normalized spacial score (nSPS) is 25.1. The van der Waals surface area contributed by atoms with Gasteiger partial charge in [-0.05, 0) is 43.7 Å². The van der Waals surface area contributed by atoms with E-state index >= 15 is 0 Å². The van der Waals surface area contributed by atoms with Gasteiger partial charge >= 0.3 is 6.03 Å². The summed E-state index contributed by atoms with van der Waals surface area (Å²) in [5.41, 5.74) is 0.706. The molecule has 4 rings (SSSR count). The lowest BCUT2D eigenvalue weighted by molar-refractivity contribution is -0.00890. The number of carbonyl (C=O) groups is 1. The van der Waals surface area contributed by atoms with Crippen LogP contribution in [-0.4, -0.2) is 39.4 Å². The van der Waals surface area contributed by atoms with E-state index in [1.807, 2.05) is 18.2 Å². The Labute approximate surface area is 128 Å². The largest absolute Gasteiger partial charge is 0.378 e. The molecule has 2 aliphatic rings. The fourth-order valence-corrected chi connectivity index (χ4v) is 2.96. The van der Waals surface area contributed by atoms with Gasteiger partial charge in [-0.1, -0.05) is 6.07 Å². The monoisotopic (exact) mass is 301 g/mol. The van der Waals surface area contributed by atoms with Crippen LogP contribution < -0.4 is 10.6 Å². The molecule has 0 spiro atoms. The Balaban J connectivity index is 1.35. The zero-order valence-corrected chi connectivity index (χ0v) is 12.2. The predicted molar refractivity (Wildman–Crippen MR) is 80.6 cm³/mol. The lowest BCUT2D eigenvalue weighted by Gasteiger charge is -2.30. The van der Waals surface area contributed by atoms with Crippen molar-refractivity contribution >= 4 is 17.6 Å². The van der Waals surface area contributed by atoms with Crippen LogP contribution in [0.2, 0.25) is 0 Å². The number of ether oxygens (including phenoxy) is 1. The highest BCUT2D eigenvalue weighted by atomic mass is 16.5. The summed E-state index contributed by atoms with van der Waals surface area (Å²) in [4.78, 5) is 16.4. The van der Waals surface area contributed by atoms with Crippen LogP contribution in [0.5, 0.6) is 0 Å². The first-order chi connectivity index (χ1) is 10.8. The number of amides is 2. The molecule has 2 N–H and O–H groups in total. The Morgan fingerprint density at radius 3 is 3.05 bits per heavy atom. The topological polar surface area (TPSA) is 80.6 Å². The van der Waals surface area contributed by atoms with Crippen LogP contribution in [-0.2, 0) is 4.74 Å².